The Morgan fingerprint density at radius 3 is 2.38 bits per heavy atom. The van der Waals surface area contributed by atoms with E-state index < -0.39 is 0 Å². The summed E-state index contributed by atoms with van der Waals surface area (Å²) in [4.78, 5) is 0. The molecule has 1 unspecified atom stereocenters. The third-order valence-electron chi connectivity index (χ3n) is 3.85. The van der Waals surface area contributed by atoms with Crippen molar-refractivity contribution in [3.05, 3.63) is 0 Å². The Morgan fingerprint density at radius 1 is 1.08 bits per heavy atom. The highest BCUT2D eigenvalue weighted by atomic mass is 14.7. The van der Waals surface area contributed by atoms with Crippen molar-refractivity contribution in [1.82, 2.24) is 0 Å². The summed E-state index contributed by atoms with van der Waals surface area (Å²) in [5, 5.41) is 0. The van der Waals surface area contributed by atoms with Gasteiger partial charge < -0.3 is 5.73 Å². The second-order valence-corrected chi connectivity index (χ2v) is 5.08. The van der Waals surface area contributed by atoms with Crippen molar-refractivity contribution in [1.29, 1.82) is 0 Å². The lowest BCUT2D eigenvalue weighted by atomic mass is 9.97. The largest absolute Gasteiger partial charge is 0.327 e. The Balaban J connectivity index is 1.52. The van der Waals surface area contributed by atoms with Crippen LogP contribution in [0, 0.1) is 11.8 Å². The van der Waals surface area contributed by atoms with Crippen LogP contribution in [-0.2, 0) is 0 Å². The maximum Gasteiger partial charge on any atom is 0.00671 e. The van der Waals surface area contributed by atoms with Crippen molar-refractivity contribution in [2.24, 2.45) is 17.6 Å². The average Bonchev–Trinajstić information content (AvgIpc) is 2.86. The van der Waals surface area contributed by atoms with Gasteiger partial charge in [-0.3, -0.25) is 0 Å². The topological polar surface area (TPSA) is 26.0 Å². The summed E-state index contributed by atoms with van der Waals surface area (Å²) in [5.74, 6) is 1.97. The predicted molar refractivity (Wildman–Crippen MR) is 56.5 cm³/mol. The second kappa shape index (κ2) is 4.45. The maximum atomic E-state index is 6.06. The fourth-order valence-electron chi connectivity index (χ4n) is 2.70. The monoisotopic (exact) mass is 181 g/mol. The van der Waals surface area contributed by atoms with Crippen LogP contribution in [0.3, 0.4) is 0 Å². The van der Waals surface area contributed by atoms with Gasteiger partial charge in [0.2, 0.25) is 0 Å². The molecule has 0 aliphatic heterocycles. The third kappa shape index (κ3) is 2.98. The van der Waals surface area contributed by atoms with E-state index in [4.69, 9.17) is 5.73 Å². The first-order chi connectivity index (χ1) is 6.36. The molecule has 2 N–H and O–H groups in total. The molecule has 0 aromatic carbocycles. The highest BCUT2D eigenvalue weighted by Gasteiger charge is 2.28. The third-order valence-corrected chi connectivity index (χ3v) is 3.85. The summed E-state index contributed by atoms with van der Waals surface area (Å²) >= 11 is 0. The summed E-state index contributed by atoms with van der Waals surface area (Å²) in [6, 6.07) is 0.543. The van der Waals surface area contributed by atoms with Gasteiger partial charge in [0.1, 0.15) is 0 Å². The molecule has 0 bridgehead atoms. The van der Waals surface area contributed by atoms with Crippen LogP contribution >= 0.6 is 0 Å². The molecule has 0 heterocycles. The Bertz CT molecular complexity index is 143. The molecule has 1 heteroatoms. The molecule has 76 valence electrons. The zero-order valence-corrected chi connectivity index (χ0v) is 8.67. The van der Waals surface area contributed by atoms with Gasteiger partial charge in [-0.25, -0.2) is 0 Å². The molecule has 0 aromatic heterocycles. The summed E-state index contributed by atoms with van der Waals surface area (Å²) in [6.07, 6.45) is 12.9. The fourth-order valence-corrected chi connectivity index (χ4v) is 2.70. The molecular formula is C12H23N. The van der Waals surface area contributed by atoms with Crippen molar-refractivity contribution >= 4 is 0 Å². The van der Waals surface area contributed by atoms with Crippen molar-refractivity contribution in [3.8, 4) is 0 Å². The molecule has 2 fully saturated rings. The molecule has 0 spiro atoms. The lowest BCUT2D eigenvalue weighted by Crippen LogP contribution is -2.22. The van der Waals surface area contributed by atoms with Crippen LogP contribution in [-0.4, -0.2) is 6.04 Å². The van der Waals surface area contributed by atoms with Crippen LogP contribution in [0.5, 0.6) is 0 Å². The first kappa shape index (κ1) is 9.51. The number of hydrogen-bond acceptors (Lipinski definition) is 1. The highest BCUT2D eigenvalue weighted by Crippen LogP contribution is 2.34. The van der Waals surface area contributed by atoms with Gasteiger partial charge in [-0.2, -0.15) is 0 Å². The lowest BCUT2D eigenvalue weighted by Gasteiger charge is -2.12. The number of hydrogen-bond donors (Lipinski definition) is 1. The van der Waals surface area contributed by atoms with E-state index in [1.54, 1.807) is 0 Å². The number of rotatable bonds is 5. The van der Waals surface area contributed by atoms with E-state index in [1.807, 2.05) is 0 Å². The van der Waals surface area contributed by atoms with Gasteiger partial charge >= 0.3 is 0 Å². The molecule has 0 radical (unpaired) electrons. The minimum absolute atomic E-state index is 0.543. The summed E-state index contributed by atoms with van der Waals surface area (Å²) < 4.78 is 0. The van der Waals surface area contributed by atoms with Crippen LogP contribution in [0.1, 0.15) is 57.8 Å². The summed E-state index contributed by atoms with van der Waals surface area (Å²) in [5.41, 5.74) is 6.06. The van der Waals surface area contributed by atoms with Gasteiger partial charge in [-0.05, 0) is 31.1 Å². The van der Waals surface area contributed by atoms with Gasteiger partial charge in [0.05, 0.1) is 0 Å². The van der Waals surface area contributed by atoms with Crippen molar-refractivity contribution in [2.75, 3.05) is 0 Å². The first-order valence-electron chi connectivity index (χ1n) is 6.12. The van der Waals surface area contributed by atoms with E-state index in [-0.39, 0.29) is 0 Å². The van der Waals surface area contributed by atoms with Gasteiger partial charge in [0.15, 0.2) is 0 Å². The number of nitrogens with two attached hydrogens (primary N) is 1. The lowest BCUT2D eigenvalue weighted by molar-refractivity contribution is 0.438. The first-order valence-corrected chi connectivity index (χ1v) is 6.12. The fraction of sp³-hybridized carbons (Fsp3) is 1.00. The molecule has 1 atom stereocenters. The predicted octanol–water partition coefficient (Wildman–Crippen LogP) is 3.08. The molecule has 1 nitrogen and oxygen atoms in total. The SMILES string of the molecule is NC(CCCC1CCCC1)C1CC1. The average molecular weight is 181 g/mol. The minimum atomic E-state index is 0.543. The van der Waals surface area contributed by atoms with Crippen LogP contribution < -0.4 is 5.73 Å². The van der Waals surface area contributed by atoms with Crippen LogP contribution in [0.25, 0.3) is 0 Å². The molecule has 2 rings (SSSR count). The van der Waals surface area contributed by atoms with Crippen LogP contribution in [0.4, 0.5) is 0 Å². The smallest absolute Gasteiger partial charge is 0.00671 e. The quantitative estimate of drug-likeness (QED) is 0.693. The maximum absolute atomic E-state index is 6.06. The standard InChI is InChI=1S/C12H23N/c13-12(11-8-9-11)7-3-6-10-4-1-2-5-10/h10-12H,1-9,13H2. The van der Waals surface area contributed by atoms with Crippen molar-refractivity contribution in [2.45, 2.75) is 63.8 Å². The van der Waals surface area contributed by atoms with Gasteiger partial charge in [-0.15, -0.1) is 0 Å². The zero-order chi connectivity index (χ0) is 9.10. The second-order valence-electron chi connectivity index (χ2n) is 5.08. The molecule has 2 aliphatic rings. The highest BCUT2D eigenvalue weighted by molar-refractivity contribution is 4.83. The Labute approximate surface area is 82.1 Å². The van der Waals surface area contributed by atoms with Crippen LogP contribution in [0.2, 0.25) is 0 Å². The molecule has 2 saturated carbocycles. The van der Waals surface area contributed by atoms with E-state index >= 15 is 0 Å². The Kier molecular flexibility index (Phi) is 3.26. The van der Waals surface area contributed by atoms with E-state index in [2.05, 4.69) is 0 Å². The molecule has 13 heavy (non-hydrogen) atoms. The van der Waals surface area contributed by atoms with E-state index in [0.29, 0.717) is 6.04 Å². The van der Waals surface area contributed by atoms with E-state index in [0.717, 1.165) is 11.8 Å². The van der Waals surface area contributed by atoms with Gasteiger partial charge in [0, 0.05) is 6.04 Å². The van der Waals surface area contributed by atoms with Crippen molar-refractivity contribution < 1.29 is 0 Å². The Hall–Kier alpha value is -0.0400. The molecule has 0 saturated heterocycles. The molecule has 0 aromatic rings. The van der Waals surface area contributed by atoms with Crippen LogP contribution in [0.15, 0.2) is 0 Å². The van der Waals surface area contributed by atoms with E-state index in [9.17, 15) is 0 Å². The van der Waals surface area contributed by atoms with Gasteiger partial charge in [0.25, 0.3) is 0 Å². The molecular weight excluding hydrogens is 158 g/mol. The Morgan fingerprint density at radius 2 is 1.77 bits per heavy atom. The van der Waals surface area contributed by atoms with Gasteiger partial charge in [-0.1, -0.05) is 38.5 Å². The molecule has 0 amide bonds. The zero-order valence-electron chi connectivity index (χ0n) is 8.67. The van der Waals surface area contributed by atoms with E-state index in [1.165, 1.54) is 57.8 Å². The van der Waals surface area contributed by atoms with Crippen molar-refractivity contribution in [3.63, 3.8) is 0 Å². The normalized spacial score (nSPS) is 26.5. The summed E-state index contributed by atoms with van der Waals surface area (Å²) in [6.45, 7) is 0. The minimum Gasteiger partial charge on any atom is -0.327 e. The molecule has 2 aliphatic carbocycles. The summed E-state index contributed by atoms with van der Waals surface area (Å²) in [7, 11) is 0.